The zero-order valence-electron chi connectivity index (χ0n) is 23.1. The second-order valence-electron chi connectivity index (χ2n) is 10.3. The SMILES string of the molecule is [C-]#[N+]c1ccc(CC(=O)/C=C/CN(C)C)cc1-c1nc(Nc2cccc(N3CCN(C)CC3)c2)nc2[nH]ncc12. The molecule has 0 aliphatic carbocycles. The van der Waals surface area contributed by atoms with Crippen molar-refractivity contribution in [3.63, 3.8) is 0 Å². The first-order valence-electron chi connectivity index (χ1n) is 13.3. The molecular formula is C30H33N9O. The van der Waals surface area contributed by atoms with E-state index in [4.69, 9.17) is 11.6 Å². The van der Waals surface area contributed by atoms with Gasteiger partial charge >= 0.3 is 0 Å². The van der Waals surface area contributed by atoms with E-state index in [-0.39, 0.29) is 12.2 Å². The van der Waals surface area contributed by atoms with E-state index >= 15 is 0 Å². The molecule has 3 heterocycles. The third-order valence-corrected chi connectivity index (χ3v) is 6.87. The van der Waals surface area contributed by atoms with Gasteiger partial charge in [-0.05, 0) is 51.0 Å². The van der Waals surface area contributed by atoms with Crippen LogP contribution in [0.25, 0.3) is 27.1 Å². The lowest BCUT2D eigenvalue weighted by atomic mass is 10.0. The molecule has 0 amide bonds. The van der Waals surface area contributed by atoms with E-state index in [9.17, 15) is 4.79 Å². The number of hydrogen-bond donors (Lipinski definition) is 2. The van der Waals surface area contributed by atoms with Crippen molar-refractivity contribution in [1.29, 1.82) is 0 Å². The molecule has 0 unspecified atom stereocenters. The number of fused-ring (bicyclic) bond motifs is 1. The fraction of sp³-hybridized carbons (Fsp3) is 0.300. The average Bonchev–Trinajstić information content (AvgIpc) is 3.42. The summed E-state index contributed by atoms with van der Waals surface area (Å²) in [4.78, 5) is 32.5. The summed E-state index contributed by atoms with van der Waals surface area (Å²) >= 11 is 0. The molecule has 0 atom stereocenters. The Morgan fingerprint density at radius 1 is 1.15 bits per heavy atom. The van der Waals surface area contributed by atoms with E-state index in [1.165, 1.54) is 0 Å². The molecule has 2 aromatic heterocycles. The van der Waals surface area contributed by atoms with Gasteiger partial charge in [-0.2, -0.15) is 10.1 Å². The lowest BCUT2D eigenvalue weighted by Gasteiger charge is -2.34. The number of H-pyrrole nitrogens is 1. The van der Waals surface area contributed by atoms with E-state index in [0.29, 0.717) is 40.5 Å². The summed E-state index contributed by atoms with van der Waals surface area (Å²) in [5.41, 5.74) is 5.06. The van der Waals surface area contributed by atoms with Crippen molar-refractivity contribution in [3.05, 3.63) is 77.8 Å². The number of piperazine rings is 1. The number of likely N-dealkylation sites (N-methyl/N-ethyl adjacent to an activating group) is 2. The summed E-state index contributed by atoms with van der Waals surface area (Å²) in [6.07, 6.45) is 5.36. The summed E-state index contributed by atoms with van der Waals surface area (Å²) in [6, 6.07) is 13.7. The Balaban J connectivity index is 1.45. The van der Waals surface area contributed by atoms with Crippen molar-refractivity contribution < 1.29 is 4.79 Å². The predicted molar refractivity (Wildman–Crippen MR) is 159 cm³/mol. The summed E-state index contributed by atoms with van der Waals surface area (Å²) < 4.78 is 0. The molecule has 5 rings (SSSR count). The Hall–Kier alpha value is -4.59. The number of benzene rings is 2. The molecule has 1 aliphatic rings. The van der Waals surface area contributed by atoms with Crippen molar-refractivity contribution in [2.45, 2.75) is 6.42 Å². The molecule has 40 heavy (non-hydrogen) atoms. The van der Waals surface area contributed by atoms with Gasteiger partial charge in [-0.15, -0.1) is 0 Å². The van der Waals surface area contributed by atoms with Gasteiger partial charge in [-0.25, -0.2) is 9.83 Å². The van der Waals surface area contributed by atoms with Crippen molar-refractivity contribution in [2.75, 3.05) is 64.1 Å². The number of aromatic nitrogens is 4. The minimum Gasteiger partial charge on any atom is -0.369 e. The minimum atomic E-state index is 0.00194. The number of carbonyl (C=O) groups excluding carboxylic acids is 1. The monoisotopic (exact) mass is 535 g/mol. The number of nitrogens with one attached hydrogen (secondary N) is 2. The number of carbonyl (C=O) groups is 1. The number of allylic oxidation sites excluding steroid dienone is 1. The van der Waals surface area contributed by atoms with Crippen LogP contribution in [0.4, 0.5) is 23.0 Å². The molecule has 204 valence electrons. The van der Waals surface area contributed by atoms with Gasteiger partial charge < -0.3 is 20.0 Å². The molecule has 2 aromatic carbocycles. The molecule has 2 N–H and O–H groups in total. The molecule has 1 saturated heterocycles. The maximum atomic E-state index is 12.6. The first kappa shape index (κ1) is 27.0. The summed E-state index contributed by atoms with van der Waals surface area (Å²) in [5, 5.41) is 11.2. The zero-order valence-corrected chi connectivity index (χ0v) is 23.1. The fourth-order valence-corrected chi connectivity index (χ4v) is 4.71. The molecule has 1 aliphatic heterocycles. The van der Waals surface area contributed by atoms with Crippen molar-refractivity contribution >= 4 is 39.8 Å². The van der Waals surface area contributed by atoms with E-state index in [1.807, 2.05) is 49.3 Å². The molecule has 10 nitrogen and oxygen atoms in total. The quantitative estimate of drug-likeness (QED) is 0.242. The van der Waals surface area contributed by atoms with Crippen LogP contribution in [0.3, 0.4) is 0 Å². The van der Waals surface area contributed by atoms with Crippen LogP contribution in [0, 0.1) is 6.57 Å². The smallest absolute Gasteiger partial charge is 0.229 e. The number of hydrogen-bond acceptors (Lipinski definition) is 8. The standard InChI is InChI=1S/C30H33N9O/c1-31-27-11-10-21(17-24(40)9-6-12-37(2)3)18-25(27)28-26-20-32-36-29(26)35-30(34-28)33-22-7-5-8-23(19-22)39-15-13-38(4)14-16-39/h5-11,18-20H,12-17H2,2-4H3,(H2,32,33,34,35,36)/b9-6+. The van der Waals surface area contributed by atoms with Crippen LogP contribution in [0.15, 0.2) is 60.8 Å². The highest BCUT2D eigenvalue weighted by atomic mass is 16.1. The number of rotatable bonds is 9. The van der Waals surface area contributed by atoms with Gasteiger partial charge in [-0.1, -0.05) is 30.3 Å². The third kappa shape index (κ3) is 6.34. The van der Waals surface area contributed by atoms with Crippen molar-refractivity contribution in [3.8, 4) is 11.3 Å². The highest BCUT2D eigenvalue weighted by Crippen LogP contribution is 2.35. The van der Waals surface area contributed by atoms with Gasteiger partial charge in [0.15, 0.2) is 17.1 Å². The summed E-state index contributed by atoms with van der Waals surface area (Å²) in [7, 11) is 6.05. The normalized spacial score (nSPS) is 14.2. The van der Waals surface area contributed by atoms with Gasteiger partial charge in [0.1, 0.15) is 0 Å². The van der Waals surface area contributed by atoms with Crippen LogP contribution in [0.5, 0.6) is 0 Å². The van der Waals surface area contributed by atoms with Gasteiger partial charge in [0.05, 0.1) is 23.8 Å². The average molecular weight is 536 g/mol. The molecule has 0 spiro atoms. The Morgan fingerprint density at radius 2 is 1.98 bits per heavy atom. The summed E-state index contributed by atoms with van der Waals surface area (Å²) in [6.45, 7) is 12.5. The molecule has 4 aromatic rings. The van der Waals surface area contributed by atoms with Gasteiger partial charge in [0, 0.05) is 56.1 Å². The molecular weight excluding hydrogens is 502 g/mol. The van der Waals surface area contributed by atoms with E-state index in [2.05, 4.69) is 54.3 Å². The van der Waals surface area contributed by atoms with Crippen LogP contribution in [-0.4, -0.2) is 89.6 Å². The predicted octanol–water partition coefficient (Wildman–Crippen LogP) is 4.30. The molecule has 0 radical (unpaired) electrons. The largest absolute Gasteiger partial charge is 0.369 e. The maximum Gasteiger partial charge on any atom is 0.229 e. The van der Waals surface area contributed by atoms with Crippen LogP contribution in [0.1, 0.15) is 5.56 Å². The molecule has 10 heteroatoms. The van der Waals surface area contributed by atoms with Gasteiger partial charge in [-0.3, -0.25) is 9.89 Å². The topological polar surface area (TPSA) is 97.6 Å². The van der Waals surface area contributed by atoms with Crippen LogP contribution in [-0.2, 0) is 11.2 Å². The highest BCUT2D eigenvalue weighted by Gasteiger charge is 2.18. The van der Waals surface area contributed by atoms with E-state index in [0.717, 1.165) is 43.1 Å². The Labute approximate surface area is 234 Å². The second-order valence-corrected chi connectivity index (χ2v) is 10.3. The van der Waals surface area contributed by atoms with E-state index in [1.54, 1.807) is 18.3 Å². The van der Waals surface area contributed by atoms with E-state index < -0.39 is 0 Å². The second kappa shape index (κ2) is 12.1. The molecule has 1 fully saturated rings. The van der Waals surface area contributed by atoms with Gasteiger partial charge in [0.25, 0.3) is 0 Å². The van der Waals surface area contributed by atoms with Crippen molar-refractivity contribution in [1.82, 2.24) is 30.0 Å². The molecule has 0 bridgehead atoms. The first-order chi connectivity index (χ1) is 19.4. The third-order valence-electron chi connectivity index (χ3n) is 6.87. The highest BCUT2D eigenvalue weighted by molar-refractivity contribution is 5.96. The van der Waals surface area contributed by atoms with Crippen LogP contribution < -0.4 is 10.2 Å². The first-order valence-corrected chi connectivity index (χ1v) is 13.3. The zero-order chi connectivity index (χ0) is 28.1. The number of aromatic amines is 1. The number of ketones is 1. The lowest BCUT2D eigenvalue weighted by molar-refractivity contribution is -0.114. The summed E-state index contributed by atoms with van der Waals surface area (Å²) in [5.74, 6) is 0.397. The van der Waals surface area contributed by atoms with Gasteiger partial charge in [0.2, 0.25) is 5.95 Å². The van der Waals surface area contributed by atoms with Crippen molar-refractivity contribution in [2.24, 2.45) is 0 Å². The number of anilines is 3. The lowest BCUT2D eigenvalue weighted by Crippen LogP contribution is -2.44. The van der Waals surface area contributed by atoms with Crippen LogP contribution in [0.2, 0.25) is 0 Å². The van der Waals surface area contributed by atoms with Crippen LogP contribution >= 0.6 is 0 Å². The minimum absolute atomic E-state index is 0.00194. The molecule has 0 saturated carbocycles. The maximum absolute atomic E-state index is 12.6. The Kier molecular flexibility index (Phi) is 8.15. The fourth-order valence-electron chi connectivity index (χ4n) is 4.71. The Bertz CT molecular complexity index is 1580. The number of nitrogens with zero attached hydrogens (tertiary/aromatic N) is 7. The Morgan fingerprint density at radius 3 is 2.75 bits per heavy atom.